The predicted octanol–water partition coefficient (Wildman–Crippen LogP) is -0.386. The van der Waals surface area contributed by atoms with Gasteiger partial charge < -0.3 is 20.8 Å². The highest BCUT2D eigenvalue weighted by Gasteiger charge is 2.31. The van der Waals surface area contributed by atoms with Crippen molar-refractivity contribution in [2.75, 3.05) is 5.33 Å². The molecule has 132 valence electrons. The second kappa shape index (κ2) is 9.12. The van der Waals surface area contributed by atoms with E-state index in [0.717, 1.165) is 5.56 Å². The first-order valence-electron chi connectivity index (χ1n) is 7.81. The molecule has 1 fully saturated rings. The largest absolute Gasteiger partial charge is 0.379 e. The number of nitrogens with one attached hydrogen (secondary N) is 3. The molecule has 0 aromatic heterocycles. The quantitative estimate of drug-likeness (QED) is 0.418. The van der Waals surface area contributed by atoms with Crippen LogP contribution in [-0.2, 0) is 16.0 Å². The van der Waals surface area contributed by atoms with Crippen LogP contribution in [0.2, 0.25) is 0 Å². The molecule has 1 saturated heterocycles. The number of carbonyl (C=O) groups excluding carboxylic acids is 2. The molecule has 5 N–H and O–H groups in total. The minimum atomic E-state index is -1.03. The standard InChI is InChI=1S/C16H22BrN3O4/c17-9-14(22)18-12(8-10-4-2-1-3-5-10)16(24)19-11-6-7-13(21)20-15(11)23/h1-5,11-13,15,20-21,23H,6-9H2,(H,18,22)(H,19,24)/t11-,12-,13-,15-/m0/s1. The summed E-state index contributed by atoms with van der Waals surface area (Å²) in [6, 6.07) is 8.13. The molecule has 0 radical (unpaired) electrons. The fraction of sp³-hybridized carbons (Fsp3) is 0.500. The minimum absolute atomic E-state index is 0.103. The fourth-order valence-corrected chi connectivity index (χ4v) is 2.78. The molecule has 8 heteroatoms. The molecule has 1 heterocycles. The van der Waals surface area contributed by atoms with Gasteiger partial charge in [-0.2, -0.15) is 0 Å². The molecule has 1 aromatic carbocycles. The highest BCUT2D eigenvalue weighted by atomic mass is 79.9. The van der Waals surface area contributed by atoms with Crippen molar-refractivity contribution in [3.05, 3.63) is 35.9 Å². The smallest absolute Gasteiger partial charge is 0.243 e. The molecular weight excluding hydrogens is 378 g/mol. The molecular formula is C16H22BrN3O4. The van der Waals surface area contributed by atoms with E-state index >= 15 is 0 Å². The van der Waals surface area contributed by atoms with E-state index in [9.17, 15) is 19.8 Å². The zero-order valence-electron chi connectivity index (χ0n) is 13.1. The molecule has 1 aliphatic heterocycles. The van der Waals surface area contributed by atoms with Crippen LogP contribution in [-0.4, -0.2) is 51.9 Å². The average Bonchev–Trinajstić information content (AvgIpc) is 2.57. The summed E-state index contributed by atoms with van der Waals surface area (Å²) >= 11 is 3.07. The third-order valence-corrected chi connectivity index (χ3v) is 4.39. The van der Waals surface area contributed by atoms with Gasteiger partial charge in [0.1, 0.15) is 18.5 Å². The first-order chi connectivity index (χ1) is 11.5. The summed E-state index contributed by atoms with van der Waals surface area (Å²) in [5, 5.41) is 27.5. The van der Waals surface area contributed by atoms with Gasteiger partial charge in [-0.25, -0.2) is 0 Å². The van der Waals surface area contributed by atoms with Crippen LogP contribution >= 0.6 is 15.9 Å². The van der Waals surface area contributed by atoms with Gasteiger partial charge in [0.05, 0.1) is 11.4 Å². The average molecular weight is 400 g/mol. The molecule has 0 aliphatic carbocycles. The van der Waals surface area contributed by atoms with Crippen molar-refractivity contribution in [1.29, 1.82) is 0 Å². The highest BCUT2D eigenvalue weighted by molar-refractivity contribution is 9.09. The minimum Gasteiger partial charge on any atom is -0.379 e. The topological polar surface area (TPSA) is 111 Å². The number of carbonyl (C=O) groups is 2. The number of alkyl halides is 1. The molecule has 0 saturated carbocycles. The monoisotopic (exact) mass is 399 g/mol. The second-order valence-corrected chi connectivity index (χ2v) is 6.32. The molecule has 0 bridgehead atoms. The highest BCUT2D eigenvalue weighted by Crippen LogP contribution is 2.12. The zero-order valence-corrected chi connectivity index (χ0v) is 14.7. The Balaban J connectivity index is 2.02. The van der Waals surface area contributed by atoms with E-state index in [1.54, 1.807) is 0 Å². The van der Waals surface area contributed by atoms with Crippen molar-refractivity contribution in [2.45, 2.75) is 43.8 Å². The molecule has 7 nitrogen and oxygen atoms in total. The number of amides is 2. The Kier molecular flexibility index (Phi) is 7.16. The molecule has 0 spiro atoms. The number of aliphatic hydroxyl groups is 2. The Morgan fingerprint density at radius 1 is 1.25 bits per heavy atom. The van der Waals surface area contributed by atoms with Crippen molar-refractivity contribution >= 4 is 27.7 Å². The Morgan fingerprint density at radius 2 is 1.96 bits per heavy atom. The SMILES string of the molecule is O=C(CBr)N[C@@H](Cc1ccccc1)C(=O)N[C@H]1CC[C@H](O)N[C@H]1O. The lowest BCUT2D eigenvalue weighted by atomic mass is 10.0. The third kappa shape index (κ3) is 5.55. The maximum atomic E-state index is 12.6. The van der Waals surface area contributed by atoms with Crippen molar-refractivity contribution in [3.8, 4) is 0 Å². The van der Waals surface area contributed by atoms with Crippen LogP contribution in [0.3, 0.4) is 0 Å². The molecule has 2 rings (SSSR count). The van der Waals surface area contributed by atoms with Crippen LogP contribution in [0.1, 0.15) is 18.4 Å². The van der Waals surface area contributed by atoms with Crippen LogP contribution in [0, 0.1) is 0 Å². The van der Waals surface area contributed by atoms with Crippen LogP contribution in [0.15, 0.2) is 30.3 Å². The Hall–Kier alpha value is -1.48. The summed E-state index contributed by atoms with van der Waals surface area (Å²) in [7, 11) is 0. The lowest BCUT2D eigenvalue weighted by Crippen LogP contribution is -2.60. The van der Waals surface area contributed by atoms with E-state index in [0.29, 0.717) is 19.3 Å². The lowest BCUT2D eigenvalue weighted by molar-refractivity contribution is -0.130. The van der Waals surface area contributed by atoms with Gasteiger partial charge in [0.2, 0.25) is 11.8 Å². The van der Waals surface area contributed by atoms with Crippen LogP contribution in [0.5, 0.6) is 0 Å². The van der Waals surface area contributed by atoms with E-state index in [1.165, 1.54) is 0 Å². The maximum absolute atomic E-state index is 12.6. The number of rotatable bonds is 6. The number of piperidine rings is 1. The molecule has 24 heavy (non-hydrogen) atoms. The van der Waals surface area contributed by atoms with Gasteiger partial charge in [0.15, 0.2) is 0 Å². The van der Waals surface area contributed by atoms with E-state index in [-0.39, 0.29) is 17.1 Å². The first kappa shape index (κ1) is 18.9. The van der Waals surface area contributed by atoms with Gasteiger partial charge in [-0.15, -0.1) is 0 Å². The van der Waals surface area contributed by atoms with Crippen LogP contribution < -0.4 is 16.0 Å². The summed E-state index contributed by atoms with van der Waals surface area (Å²) < 4.78 is 0. The number of aliphatic hydroxyl groups excluding tert-OH is 2. The normalized spacial score (nSPS) is 24.9. The van der Waals surface area contributed by atoms with Gasteiger partial charge in [0.25, 0.3) is 0 Å². The Labute approximate surface area is 149 Å². The third-order valence-electron chi connectivity index (χ3n) is 3.88. The van der Waals surface area contributed by atoms with Gasteiger partial charge >= 0.3 is 0 Å². The Morgan fingerprint density at radius 3 is 2.58 bits per heavy atom. The summed E-state index contributed by atoms with van der Waals surface area (Å²) in [4.78, 5) is 24.2. The van der Waals surface area contributed by atoms with Gasteiger partial charge in [0, 0.05) is 6.42 Å². The second-order valence-electron chi connectivity index (χ2n) is 5.76. The van der Waals surface area contributed by atoms with Crippen molar-refractivity contribution < 1.29 is 19.8 Å². The van der Waals surface area contributed by atoms with Crippen LogP contribution in [0.25, 0.3) is 0 Å². The predicted molar refractivity (Wildman–Crippen MR) is 92.2 cm³/mol. The number of benzene rings is 1. The Bertz CT molecular complexity index is 558. The number of hydrogen-bond acceptors (Lipinski definition) is 5. The van der Waals surface area contributed by atoms with Crippen molar-refractivity contribution in [1.82, 2.24) is 16.0 Å². The van der Waals surface area contributed by atoms with Crippen LogP contribution in [0.4, 0.5) is 0 Å². The van der Waals surface area contributed by atoms with Gasteiger partial charge in [-0.1, -0.05) is 46.3 Å². The first-order valence-corrected chi connectivity index (χ1v) is 8.93. The molecule has 0 unspecified atom stereocenters. The van der Waals surface area contributed by atoms with E-state index in [1.807, 2.05) is 30.3 Å². The van der Waals surface area contributed by atoms with Gasteiger partial charge in [-0.3, -0.25) is 14.9 Å². The summed E-state index contributed by atoms with van der Waals surface area (Å²) in [6.07, 6.45) is -0.571. The van der Waals surface area contributed by atoms with E-state index < -0.39 is 24.5 Å². The van der Waals surface area contributed by atoms with Crippen molar-refractivity contribution in [3.63, 3.8) is 0 Å². The summed E-state index contributed by atoms with van der Waals surface area (Å²) in [5.41, 5.74) is 0.922. The molecule has 2 amide bonds. The summed E-state index contributed by atoms with van der Waals surface area (Å²) in [5.74, 6) is -0.654. The molecule has 1 aromatic rings. The number of halogens is 1. The van der Waals surface area contributed by atoms with Crippen molar-refractivity contribution in [2.24, 2.45) is 0 Å². The number of hydrogen-bond donors (Lipinski definition) is 5. The van der Waals surface area contributed by atoms with Gasteiger partial charge in [-0.05, 0) is 18.4 Å². The lowest BCUT2D eigenvalue weighted by Gasteiger charge is -2.33. The zero-order chi connectivity index (χ0) is 17.5. The molecule has 4 atom stereocenters. The fourth-order valence-electron chi connectivity index (χ4n) is 2.62. The van der Waals surface area contributed by atoms with E-state index in [4.69, 9.17) is 0 Å². The maximum Gasteiger partial charge on any atom is 0.243 e. The molecule has 1 aliphatic rings. The summed E-state index contributed by atoms with van der Waals surface area (Å²) in [6.45, 7) is 0. The van der Waals surface area contributed by atoms with E-state index in [2.05, 4.69) is 31.9 Å².